The molecule has 0 amide bonds. The third kappa shape index (κ3) is 2.91. The van der Waals surface area contributed by atoms with Crippen molar-refractivity contribution in [2.75, 3.05) is 36.9 Å². The van der Waals surface area contributed by atoms with E-state index in [1.807, 2.05) is 7.05 Å². The molecule has 2 rings (SSSR count). The van der Waals surface area contributed by atoms with E-state index in [0.717, 1.165) is 13.1 Å². The van der Waals surface area contributed by atoms with Crippen LogP contribution in [-0.2, 0) is 0 Å². The molecular formula is C14H23N3. The van der Waals surface area contributed by atoms with Gasteiger partial charge in [0, 0.05) is 37.6 Å². The molecule has 1 fully saturated rings. The van der Waals surface area contributed by atoms with Gasteiger partial charge in [0.2, 0.25) is 0 Å². The monoisotopic (exact) mass is 233 g/mol. The molecule has 1 aromatic carbocycles. The highest BCUT2D eigenvalue weighted by atomic mass is 15.2. The number of benzene rings is 1. The zero-order valence-electron chi connectivity index (χ0n) is 10.9. The molecule has 1 saturated heterocycles. The topological polar surface area (TPSA) is 27.3 Å². The first-order valence-corrected chi connectivity index (χ1v) is 6.60. The minimum absolute atomic E-state index is 0.647. The fourth-order valence-electron chi connectivity index (χ4n) is 2.57. The van der Waals surface area contributed by atoms with Crippen molar-refractivity contribution in [1.29, 1.82) is 0 Å². The summed E-state index contributed by atoms with van der Waals surface area (Å²) in [7, 11) is 1.96. The summed E-state index contributed by atoms with van der Waals surface area (Å²) in [6.45, 7) is 5.60. The highest BCUT2D eigenvalue weighted by Gasteiger charge is 2.19. The number of hydrogen-bond acceptors (Lipinski definition) is 3. The molecule has 1 aliphatic heterocycles. The number of hydrogen-bond donors (Lipinski definition) is 2. The average molecular weight is 233 g/mol. The third-order valence-corrected chi connectivity index (χ3v) is 3.54. The summed E-state index contributed by atoms with van der Waals surface area (Å²) < 4.78 is 0. The van der Waals surface area contributed by atoms with Gasteiger partial charge < -0.3 is 15.5 Å². The summed E-state index contributed by atoms with van der Waals surface area (Å²) in [5.74, 6) is 0. The van der Waals surface area contributed by atoms with Crippen LogP contribution in [0.5, 0.6) is 0 Å². The van der Waals surface area contributed by atoms with Crippen LogP contribution in [0.2, 0.25) is 0 Å². The fourth-order valence-corrected chi connectivity index (χ4v) is 2.57. The maximum Gasteiger partial charge on any atom is 0.0414 e. The summed E-state index contributed by atoms with van der Waals surface area (Å²) in [5, 5.41) is 6.65. The van der Waals surface area contributed by atoms with E-state index in [0.29, 0.717) is 6.04 Å². The third-order valence-electron chi connectivity index (χ3n) is 3.54. The minimum atomic E-state index is 0.647. The second-order valence-corrected chi connectivity index (χ2v) is 4.58. The lowest BCUT2D eigenvalue weighted by atomic mass is 10.0. The van der Waals surface area contributed by atoms with Crippen LogP contribution in [0.25, 0.3) is 0 Å². The van der Waals surface area contributed by atoms with Gasteiger partial charge in [-0.05, 0) is 50.6 Å². The Morgan fingerprint density at radius 1 is 1.35 bits per heavy atom. The van der Waals surface area contributed by atoms with Crippen LogP contribution in [0.3, 0.4) is 0 Å². The predicted octanol–water partition coefficient (Wildman–Crippen LogP) is 2.31. The normalized spacial score (nSPS) is 20.0. The molecule has 0 radical (unpaired) electrons. The Hall–Kier alpha value is -1.22. The van der Waals surface area contributed by atoms with Crippen LogP contribution >= 0.6 is 0 Å². The van der Waals surface area contributed by atoms with Crippen LogP contribution in [0, 0.1) is 0 Å². The van der Waals surface area contributed by atoms with E-state index in [9.17, 15) is 0 Å². The molecule has 0 spiro atoms. The van der Waals surface area contributed by atoms with Crippen LogP contribution < -0.4 is 15.5 Å². The van der Waals surface area contributed by atoms with E-state index in [4.69, 9.17) is 0 Å². The molecule has 1 aliphatic rings. The molecular weight excluding hydrogens is 210 g/mol. The molecule has 17 heavy (non-hydrogen) atoms. The van der Waals surface area contributed by atoms with Crippen molar-refractivity contribution < 1.29 is 0 Å². The van der Waals surface area contributed by atoms with E-state index >= 15 is 0 Å². The van der Waals surface area contributed by atoms with Gasteiger partial charge in [-0.15, -0.1) is 0 Å². The Morgan fingerprint density at radius 2 is 2.12 bits per heavy atom. The highest BCUT2D eigenvalue weighted by Crippen LogP contribution is 2.22. The molecule has 1 aromatic rings. The zero-order chi connectivity index (χ0) is 12.1. The van der Waals surface area contributed by atoms with Crippen LogP contribution in [0.1, 0.15) is 19.8 Å². The van der Waals surface area contributed by atoms with E-state index < -0.39 is 0 Å². The smallest absolute Gasteiger partial charge is 0.0414 e. The lowest BCUT2D eigenvalue weighted by molar-refractivity contribution is 0.435. The van der Waals surface area contributed by atoms with Crippen molar-refractivity contribution in [1.82, 2.24) is 5.32 Å². The highest BCUT2D eigenvalue weighted by molar-refractivity contribution is 5.55. The number of anilines is 2. The molecule has 3 heteroatoms. The van der Waals surface area contributed by atoms with Crippen molar-refractivity contribution in [2.45, 2.75) is 25.8 Å². The first kappa shape index (κ1) is 12.2. The van der Waals surface area contributed by atoms with Crippen molar-refractivity contribution in [3.8, 4) is 0 Å². The number of likely N-dealkylation sites (N-methyl/N-ethyl adjacent to an activating group) is 1. The molecule has 3 nitrogen and oxygen atoms in total. The maximum atomic E-state index is 3.49. The first-order chi connectivity index (χ1) is 8.35. The Bertz CT molecular complexity index is 328. The van der Waals surface area contributed by atoms with E-state index in [1.165, 1.54) is 30.8 Å². The number of piperidine rings is 1. The van der Waals surface area contributed by atoms with Crippen LogP contribution in [0.15, 0.2) is 24.3 Å². The number of nitrogens with zero attached hydrogens (tertiary/aromatic N) is 1. The number of nitrogens with one attached hydrogen (secondary N) is 2. The van der Waals surface area contributed by atoms with Gasteiger partial charge in [-0.25, -0.2) is 0 Å². The quantitative estimate of drug-likeness (QED) is 0.835. The second-order valence-electron chi connectivity index (χ2n) is 4.58. The molecule has 0 aliphatic carbocycles. The van der Waals surface area contributed by atoms with Gasteiger partial charge in [0.1, 0.15) is 0 Å². The Morgan fingerprint density at radius 3 is 2.65 bits per heavy atom. The molecule has 2 N–H and O–H groups in total. The Labute approximate surface area is 104 Å². The molecule has 0 aromatic heterocycles. The fraction of sp³-hybridized carbons (Fsp3) is 0.571. The molecule has 94 valence electrons. The van der Waals surface area contributed by atoms with E-state index in [1.54, 1.807) is 0 Å². The molecule has 1 unspecified atom stereocenters. The SMILES string of the molecule is CCN(c1ccc(NC)cc1)C1CCCNC1. The first-order valence-electron chi connectivity index (χ1n) is 6.60. The summed E-state index contributed by atoms with van der Waals surface area (Å²) >= 11 is 0. The lowest BCUT2D eigenvalue weighted by Crippen LogP contribution is -2.46. The van der Waals surface area contributed by atoms with Crippen molar-refractivity contribution in [2.24, 2.45) is 0 Å². The molecule has 1 atom stereocenters. The van der Waals surface area contributed by atoms with Gasteiger partial charge in [0.25, 0.3) is 0 Å². The van der Waals surface area contributed by atoms with E-state index in [-0.39, 0.29) is 0 Å². The summed E-state index contributed by atoms with van der Waals surface area (Å²) in [6.07, 6.45) is 2.59. The van der Waals surface area contributed by atoms with E-state index in [2.05, 4.69) is 46.7 Å². The molecule has 0 bridgehead atoms. The van der Waals surface area contributed by atoms with Gasteiger partial charge in [0.05, 0.1) is 0 Å². The Balaban J connectivity index is 2.10. The summed E-state index contributed by atoms with van der Waals surface area (Å²) in [5.41, 5.74) is 2.51. The Kier molecular flexibility index (Phi) is 4.26. The van der Waals surface area contributed by atoms with Crippen LogP contribution in [0.4, 0.5) is 11.4 Å². The second kappa shape index (κ2) is 5.92. The largest absolute Gasteiger partial charge is 0.388 e. The zero-order valence-corrected chi connectivity index (χ0v) is 10.9. The maximum absolute atomic E-state index is 3.49. The van der Waals surface area contributed by atoms with Gasteiger partial charge in [0.15, 0.2) is 0 Å². The molecule has 0 saturated carbocycles. The summed E-state index contributed by atoms with van der Waals surface area (Å²) in [6, 6.07) is 9.37. The van der Waals surface area contributed by atoms with Gasteiger partial charge in [-0.1, -0.05) is 0 Å². The average Bonchev–Trinajstić information content (AvgIpc) is 2.42. The van der Waals surface area contributed by atoms with Gasteiger partial charge >= 0.3 is 0 Å². The van der Waals surface area contributed by atoms with Gasteiger partial charge in [-0.2, -0.15) is 0 Å². The van der Waals surface area contributed by atoms with Crippen molar-refractivity contribution in [3.05, 3.63) is 24.3 Å². The summed E-state index contributed by atoms with van der Waals surface area (Å²) in [4.78, 5) is 2.51. The number of rotatable bonds is 4. The predicted molar refractivity (Wildman–Crippen MR) is 74.9 cm³/mol. The minimum Gasteiger partial charge on any atom is -0.388 e. The molecule has 1 heterocycles. The van der Waals surface area contributed by atoms with Crippen molar-refractivity contribution in [3.63, 3.8) is 0 Å². The van der Waals surface area contributed by atoms with Gasteiger partial charge in [-0.3, -0.25) is 0 Å². The van der Waals surface area contributed by atoms with Crippen molar-refractivity contribution >= 4 is 11.4 Å². The van der Waals surface area contributed by atoms with Crippen LogP contribution in [-0.4, -0.2) is 32.7 Å². The standard InChI is InChI=1S/C14H23N3/c1-3-17(14-5-4-10-16-11-14)13-8-6-12(15-2)7-9-13/h6-9,14-16H,3-5,10-11H2,1-2H3. The lowest BCUT2D eigenvalue weighted by Gasteiger charge is -2.35.